The molecule has 1 aromatic rings. The monoisotopic (exact) mass is 286 g/mol. The van der Waals surface area contributed by atoms with Crippen LogP contribution in [0.15, 0.2) is 29.1 Å². The second-order valence-corrected chi connectivity index (χ2v) is 5.28. The third-order valence-corrected chi connectivity index (χ3v) is 3.25. The molecule has 0 saturated heterocycles. The van der Waals surface area contributed by atoms with Gasteiger partial charge >= 0.3 is 0 Å². The predicted molar refractivity (Wildman–Crippen MR) is 73.5 cm³/mol. The smallest absolute Gasteiger partial charge is 0.222 e. The largest absolute Gasteiger partial charge is 0.351 e. The molecule has 98 valence electrons. The van der Waals surface area contributed by atoms with Crippen LogP contribution in [0.2, 0.25) is 0 Å². The maximum atomic E-state index is 11.7. The predicted octanol–water partition coefficient (Wildman–Crippen LogP) is 2.18. The molecule has 0 aliphatic carbocycles. The average Bonchev–Trinajstić information content (AvgIpc) is 2.78. The van der Waals surface area contributed by atoms with Crippen LogP contribution in [0.3, 0.4) is 0 Å². The quantitative estimate of drug-likeness (QED) is 0.842. The lowest BCUT2D eigenvalue weighted by Gasteiger charge is -2.16. The van der Waals surface area contributed by atoms with Crippen LogP contribution in [0.5, 0.6) is 0 Å². The lowest BCUT2D eigenvalue weighted by molar-refractivity contribution is -0.122. The van der Waals surface area contributed by atoms with Crippen LogP contribution in [-0.2, 0) is 9.59 Å². The van der Waals surface area contributed by atoms with Gasteiger partial charge in [-0.15, -0.1) is 11.3 Å². The maximum Gasteiger partial charge on any atom is 0.222 e. The van der Waals surface area contributed by atoms with Gasteiger partial charge in [0.05, 0.1) is 19.0 Å². The van der Waals surface area contributed by atoms with E-state index in [0.29, 0.717) is 5.03 Å². The zero-order valence-corrected chi connectivity index (χ0v) is 11.6. The van der Waals surface area contributed by atoms with Gasteiger partial charge in [0.2, 0.25) is 11.8 Å². The standard InChI is InChI=1S/C12H15ClN2O2S/c1-8(13)7-14-12(17)6-10(15-9(2)16)11-4-3-5-18-11/h3-5,10H,1,6-7H2,2H3,(H,14,17)(H,15,16). The van der Waals surface area contributed by atoms with Gasteiger partial charge in [-0.3, -0.25) is 9.59 Å². The second kappa shape index (κ2) is 7.18. The van der Waals surface area contributed by atoms with Crippen LogP contribution >= 0.6 is 22.9 Å². The molecule has 2 amide bonds. The molecule has 0 radical (unpaired) electrons. The van der Waals surface area contributed by atoms with E-state index in [1.54, 1.807) is 0 Å². The molecule has 0 fully saturated rings. The van der Waals surface area contributed by atoms with Crippen molar-refractivity contribution in [1.29, 1.82) is 0 Å². The molecule has 18 heavy (non-hydrogen) atoms. The van der Waals surface area contributed by atoms with Gasteiger partial charge in [-0.1, -0.05) is 24.2 Å². The fourth-order valence-electron chi connectivity index (χ4n) is 1.41. The Morgan fingerprint density at radius 3 is 2.78 bits per heavy atom. The number of carbonyl (C=O) groups excluding carboxylic acids is 2. The highest BCUT2D eigenvalue weighted by Gasteiger charge is 2.17. The van der Waals surface area contributed by atoms with Crippen molar-refractivity contribution in [3.05, 3.63) is 34.0 Å². The van der Waals surface area contributed by atoms with Crippen molar-refractivity contribution in [2.24, 2.45) is 0 Å². The highest BCUT2D eigenvalue weighted by molar-refractivity contribution is 7.10. The number of thiophene rings is 1. The maximum absolute atomic E-state index is 11.7. The summed E-state index contributed by atoms with van der Waals surface area (Å²) in [6.07, 6.45) is 0.185. The average molecular weight is 287 g/mol. The summed E-state index contributed by atoms with van der Waals surface area (Å²) in [6, 6.07) is 3.47. The number of halogens is 1. The minimum Gasteiger partial charge on any atom is -0.351 e. The molecule has 1 rings (SSSR count). The fourth-order valence-corrected chi connectivity index (χ4v) is 2.25. The van der Waals surface area contributed by atoms with E-state index in [1.165, 1.54) is 18.3 Å². The van der Waals surface area contributed by atoms with Gasteiger partial charge < -0.3 is 10.6 Å². The Hall–Kier alpha value is -1.33. The summed E-state index contributed by atoms with van der Waals surface area (Å²) in [6.45, 7) is 5.15. The van der Waals surface area contributed by atoms with Crippen molar-refractivity contribution in [3.63, 3.8) is 0 Å². The van der Waals surface area contributed by atoms with Gasteiger partial charge in [0.1, 0.15) is 0 Å². The van der Waals surface area contributed by atoms with Crippen molar-refractivity contribution in [2.75, 3.05) is 6.54 Å². The summed E-state index contributed by atoms with van der Waals surface area (Å²) < 4.78 is 0. The summed E-state index contributed by atoms with van der Waals surface area (Å²) in [5.74, 6) is -0.341. The third kappa shape index (κ3) is 5.33. The van der Waals surface area contributed by atoms with E-state index in [0.717, 1.165) is 4.88 Å². The van der Waals surface area contributed by atoms with Gasteiger partial charge in [0.25, 0.3) is 0 Å². The highest BCUT2D eigenvalue weighted by atomic mass is 35.5. The Morgan fingerprint density at radius 1 is 1.56 bits per heavy atom. The molecule has 2 N–H and O–H groups in total. The van der Waals surface area contributed by atoms with Crippen molar-refractivity contribution < 1.29 is 9.59 Å². The van der Waals surface area contributed by atoms with Crippen LogP contribution in [-0.4, -0.2) is 18.4 Å². The first-order valence-corrected chi connectivity index (χ1v) is 6.65. The number of amides is 2. The molecule has 0 aliphatic heterocycles. The Labute approximate surface area is 115 Å². The Morgan fingerprint density at radius 2 is 2.28 bits per heavy atom. The minimum atomic E-state index is -0.300. The van der Waals surface area contributed by atoms with E-state index in [4.69, 9.17) is 11.6 Å². The van der Waals surface area contributed by atoms with Gasteiger partial charge in [-0.2, -0.15) is 0 Å². The van der Waals surface area contributed by atoms with E-state index in [9.17, 15) is 9.59 Å². The molecule has 1 heterocycles. The van der Waals surface area contributed by atoms with E-state index >= 15 is 0 Å². The number of rotatable bonds is 6. The first kappa shape index (κ1) is 14.7. The van der Waals surface area contributed by atoms with E-state index in [-0.39, 0.29) is 30.8 Å². The molecule has 0 bridgehead atoms. The Kier molecular flexibility index (Phi) is 5.88. The van der Waals surface area contributed by atoms with E-state index < -0.39 is 0 Å². The molecule has 1 unspecified atom stereocenters. The van der Waals surface area contributed by atoms with Crippen molar-refractivity contribution in [1.82, 2.24) is 10.6 Å². The molecule has 0 aliphatic rings. The first-order chi connectivity index (χ1) is 8.49. The molecule has 0 spiro atoms. The summed E-state index contributed by atoms with van der Waals surface area (Å²) >= 11 is 7.07. The minimum absolute atomic E-state index is 0.164. The van der Waals surface area contributed by atoms with E-state index in [1.807, 2.05) is 17.5 Å². The summed E-state index contributed by atoms with van der Waals surface area (Å²) in [7, 11) is 0. The van der Waals surface area contributed by atoms with Crippen LogP contribution in [0.25, 0.3) is 0 Å². The molecule has 6 heteroatoms. The lowest BCUT2D eigenvalue weighted by Crippen LogP contribution is -2.32. The Bertz CT molecular complexity index is 431. The molecular formula is C12H15ClN2O2S. The highest BCUT2D eigenvalue weighted by Crippen LogP contribution is 2.21. The fraction of sp³-hybridized carbons (Fsp3) is 0.333. The van der Waals surface area contributed by atoms with E-state index in [2.05, 4.69) is 17.2 Å². The van der Waals surface area contributed by atoms with Crippen molar-refractivity contribution in [3.8, 4) is 0 Å². The Balaban J connectivity index is 2.59. The molecule has 4 nitrogen and oxygen atoms in total. The zero-order chi connectivity index (χ0) is 13.5. The van der Waals surface area contributed by atoms with Crippen LogP contribution < -0.4 is 10.6 Å². The molecular weight excluding hydrogens is 272 g/mol. The first-order valence-electron chi connectivity index (χ1n) is 5.39. The molecule has 1 atom stereocenters. The number of carbonyl (C=O) groups is 2. The molecule has 0 saturated carbocycles. The number of nitrogens with one attached hydrogen (secondary N) is 2. The summed E-state index contributed by atoms with van der Waals surface area (Å²) in [5.41, 5.74) is 0. The molecule has 0 aromatic carbocycles. The van der Waals surface area contributed by atoms with Crippen LogP contribution in [0, 0.1) is 0 Å². The number of hydrogen-bond donors (Lipinski definition) is 2. The van der Waals surface area contributed by atoms with Crippen molar-refractivity contribution >= 4 is 34.8 Å². The summed E-state index contributed by atoms with van der Waals surface area (Å²) in [4.78, 5) is 23.7. The SMILES string of the molecule is C=C(Cl)CNC(=O)CC(NC(C)=O)c1cccs1. The van der Waals surface area contributed by atoms with Gasteiger partial charge in [0.15, 0.2) is 0 Å². The third-order valence-electron chi connectivity index (χ3n) is 2.13. The van der Waals surface area contributed by atoms with Gasteiger partial charge in [0, 0.05) is 16.8 Å². The number of hydrogen-bond acceptors (Lipinski definition) is 3. The van der Waals surface area contributed by atoms with Gasteiger partial charge in [-0.25, -0.2) is 0 Å². The van der Waals surface area contributed by atoms with Gasteiger partial charge in [-0.05, 0) is 11.4 Å². The van der Waals surface area contributed by atoms with Crippen LogP contribution in [0.4, 0.5) is 0 Å². The summed E-state index contributed by atoms with van der Waals surface area (Å²) in [5, 5.41) is 7.66. The van der Waals surface area contributed by atoms with Crippen molar-refractivity contribution in [2.45, 2.75) is 19.4 Å². The normalized spacial score (nSPS) is 11.7. The van der Waals surface area contributed by atoms with Crippen LogP contribution in [0.1, 0.15) is 24.3 Å². The zero-order valence-electron chi connectivity index (χ0n) is 10.0. The lowest BCUT2D eigenvalue weighted by atomic mass is 10.1. The topological polar surface area (TPSA) is 58.2 Å². The second-order valence-electron chi connectivity index (χ2n) is 3.77. The molecule has 1 aromatic heterocycles.